The standard InChI is InChI=1S/C16H14BrFN4O2S2/c17-13-4-5-14(25-13)26(23,24)22-8-6-21(7-9-22)16-15-11(18)2-1-3-12(15)19-10-20-16/h1-5,10H,6-9H2. The summed E-state index contributed by atoms with van der Waals surface area (Å²) in [7, 11) is -3.51. The second-order valence-corrected chi connectivity index (χ2v) is 10.4. The molecule has 10 heteroatoms. The van der Waals surface area contributed by atoms with Gasteiger partial charge in [0, 0.05) is 26.2 Å². The van der Waals surface area contributed by atoms with Gasteiger partial charge in [-0.15, -0.1) is 11.3 Å². The van der Waals surface area contributed by atoms with E-state index < -0.39 is 10.0 Å². The minimum atomic E-state index is -3.51. The van der Waals surface area contributed by atoms with E-state index in [9.17, 15) is 12.8 Å². The number of benzene rings is 1. The van der Waals surface area contributed by atoms with Gasteiger partial charge in [0.2, 0.25) is 0 Å². The van der Waals surface area contributed by atoms with Crippen molar-refractivity contribution in [3.05, 3.63) is 46.3 Å². The number of fused-ring (bicyclic) bond motifs is 1. The van der Waals surface area contributed by atoms with Gasteiger partial charge in [0.1, 0.15) is 22.2 Å². The molecule has 0 radical (unpaired) electrons. The molecule has 0 atom stereocenters. The molecule has 0 aliphatic carbocycles. The van der Waals surface area contributed by atoms with Crippen molar-refractivity contribution in [2.45, 2.75) is 4.21 Å². The number of rotatable bonds is 3. The first kappa shape index (κ1) is 17.8. The number of aromatic nitrogens is 2. The quantitative estimate of drug-likeness (QED) is 0.605. The lowest BCUT2D eigenvalue weighted by Crippen LogP contribution is -2.48. The van der Waals surface area contributed by atoms with Gasteiger partial charge in [-0.05, 0) is 40.2 Å². The number of anilines is 1. The summed E-state index contributed by atoms with van der Waals surface area (Å²) in [6.45, 7) is 1.51. The van der Waals surface area contributed by atoms with Crippen LogP contribution in [0, 0.1) is 5.82 Å². The second-order valence-electron chi connectivity index (χ2n) is 5.78. The van der Waals surface area contributed by atoms with Crippen molar-refractivity contribution in [2.24, 2.45) is 0 Å². The normalized spacial score (nSPS) is 16.3. The molecule has 4 rings (SSSR count). The number of hydrogen-bond donors (Lipinski definition) is 0. The van der Waals surface area contributed by atoms with Crippen LogP contribution in [0.2, 0.25) is 0 Å². The van der Waals surface area contributed by atoms with Gasteiger partial charge in [0.05, 0.1) is 14.7 Å². The fourth-order valence-electron chi connectivity index (χ4n) is 3.00. The molecule has 0 saturated carbocycles. The van der Waals surface area contributed by atoms with E-state index in [2.05, 4.69) is 25.9 Å². The van der Waals surface area contributed by atoms with Crippen LogP contribution in [0.3, 0.4) is 0 Å². The van der Waals surface area contributed by atoms with Crippen LogP contribution in [0.5, 0.6) is 0 Å². The molecule has 3 heterocycles. The Morgan fingerprint density at radius 3 is 2.54 bits per heavy atom. The van der Waals surface area contributed by atoms with Crippen LogP contribution in [0.4, 0.5) is 10.2 Å². The molecule has 1 aliphatic rings. The van der Waals surface area contributed by atoms with Crippen LogP contribution in [-0.2, 0) is 10.0 Å². The Labute approximate surface area is 162 Å². The number of thiophene rings is 1. The summed E-state index contributed by atoms with van der Waals surface area (Å²) >= 11 is 4.49. The van der Waals surface area contributed by atoms with Crippen LogP contribution >= 0.6 is 27.3 Å². The molecule has 0 unspecified atom stereocenters. The lowest BCUT2D eigenvalue weighted by atomic mass is 10.2. The van der Waals surface area contributed by atoms with Gasteiger partial charge in [-0.2, -0.15) is 4.31 Å². The van der Waals surface area contributed by atoms with Gasteiger partial charge in [-0.3, -0.25) is 0 Å². The number of nitrogens with zero attached hydrogens (tertiary/aromatic N) is 4. The van der Waals surface area contributed by atoms with Gasteiger partial charge in [-0.25, -0.2) is 22.8 Å². The Hall–Kier alpha value is -1.62. The highest BCUT2D eigenvalue weighted by atomic mass is 79.9. The smallest absolute Gasteiger partial charge is 0.252 e. The van der Waals surface area contributed by atoms with Crippen LogP contribution in [0.15, 0.2) is 44.7 Å². The molecule has 3 aromatic rings. The van der Waals surface area contributed by atoms with Crippen LogP contribution in [0.1, 0.15) is 0 Å². The Morgan fingerprint density at radius 2 is 1.85 bits per heavy atom. The van der Waals surface area contributed by atoms with Crippen molar-refractivity contribution < 1.29 is 12.8 Å². The lowest BCUT2D eigenvalue weighted by Gasteiger charge is -2.34. The maximum absolute atomic E-state index is 14.3. The van der Waals surface area contributed by atoms with Gasteiger partial charge in [-0.1, -0.05) is 6.07 Å². The third kappa shape index (κ3) is 3.11. The molecule has 0 bridgehead atoms. The SMILES string of the molecule is O=S(=O)(c1ccc(Br)s1)N1CCN(c2ncnc3cccc(F)c23)CC1. The molecule has 26 heavy (non-hydrogen) atoms. The van der Waals surface area contributed by atoms with E-state index in [4.69, 9.17) is 0 Å². The van der Waals surface area contributed by atoms with Crippen molar-refractivity contribution in [1.29, 1.82) is 0 Å². The molecule has 0 amide bonds. The van der Waals surface area contributed by atoms with Crippen molar-refractivity contribution in [1.82, 2.24) is 14.3 Å². The largest absolute Gasteiger partial charge is 0.353 e. The summed E-state index contributed by atoms with van der Waals surface area (Å²) in [5.41, 5.74) is 0.536. The molecule has 0 N–H and O–H groups in total. The number of halogens is 2. The predicted molar refractivity (Wildman–Crippen MR) is 102 cm³/mol. The van der Waals surface area contributed by atoms with E-state index in [1.54, 1.807) is 24.3 Å². The maximum Gasteiger partial charge on any atom is 0.252 e. The van der Waals surface area contributed by atoms with E-state index in [1.165, 1.54) is 28.0 Å². The van der Waals surface area contributed by atoms with Crippen LogP contribution < -0.4 is 4.90 Å². The highest BCUT2D eigenvalue weighted by Crippen LogP contribution is 2.30. The first-order chi connectivity index (χ1) is 12.5. The fraction of sp³-hybridized carbons (Fsp3) is 0.250. The van der Waals surface area contributed by atoms with Gasteiger partial charge in [0.15, 0.2) is 0 Å². The molecule has 1 fully saturated rings. The first-order valence-corrected chi connectivity index (χ1v) is 10.9. The number of hydrogen-bond acceptors (Lipinski definition) is 6. The summed E-state index contributed by atoms with van der Waals surface area (Å²) in [6.07, 6.45) is 1.41. The highest BCUT2D eigenvalue weighted by Gasteiger charge is 2.30. The number of sulfonamides is 1. The molecule has 1 aliphatic heterocycles. The second kappa shape index (κ2) is 6.84. The minimum absolute atomic E-state index is 0.316. The Kier molecular flexibility index (Phi) is 4.68. The van der Waals surface area contributed by atoms with Crippen LogP contribution in [-0.4, -0.2) is 48.9 Å². The molecule has 0 spiro atoms. The first-order valence-electron chi connectivity index (χ1n) is 7.86. The van der Waals surface area contributed by atoms with Gasteiger partial charge < -0.3 is 4.90 Å². The van der Waals surface area contributed by atoms with E-state index in [-0.39, 0.29) is 5.82 Å². The third-order valence-corrected chi connectivity index (χ3v) is 8.26. The zero-order valence-corrected chi connectivity index (χ0v) is 16.7. The Balaban J connectivity index is 1.58. The van der Waals surface area contributed by atoms with Crippen molar-refractivity contribution in [2.75, 3.05) is 31.1 Å². The zero-order chi connectivity index (χ0) is 18.3. The molecular formula is C16H14BrFN4O2S2. The molecule has 136 valence electrons. The van der Waals surface area contributed by atoms with Crippen LogP contribution in [0.25, 0.3) is 10.9 Å². The highest BCUT2D eigenvalue weighted by molar-refractivity contribution is 9.11. The van der Waals surface area contributed by atoms with E-state index >= 15 is 0 Å². The average molecular weight is 457 g/mol. The zero-order valence-electron chi connectivity index (χ0n) is 13.5. The summed E-state index contributed by atoms with van der Waals surface area (Å²) in [5, 5.41) is 0.369. The van der Waals surface area contributed by atoms with Gasteiger partial charge >= 0.3 is 0 Å². The van der Waals surface area contributed by atoms with Crippen molar-refractivity contribution >= 4 is 54.0 Å². The minimum Gasteiger partial charge on any atom is -0.353 e. The Morgan fingerprint density at radius 1 is 1.08 bits per heavy atom. The molecular weight excluding hydrogens is 443 g/mol. The summed E-state index contributed by atoms with van der Waals surface area (Å²) < 4.78 is 42.3. The van der Waals surface area contributed by atoms with E-state index in [0.717, 1.165) is 3.79 Å². The van der Waals surface area contributed by atoms with E-state index in [1.807, 2.05) is 4.90 Å². The maximum atomic E-state index is 14.3. The fourth-order valence-corrected chi connectivity index (χ4v) is 6.58. The number of piperazine rings is 1. The summed E-state index contributed by atoms with van der Waals surface area (Å²) in [5.74, 6) is 0.126. The summed E-state index contributed by atoms with van der Waals surface area (Å²) in [6, 6.07) is 8.05. The topological polar surface area (TPSA) is 66.4 Å². The molecule has 6 nitrogen and oxygen atoms in total. The molecule has 1 saturated heterocycles. The van der Waals surface area contributed by atoms with E-state index in [0.29, 0.717) is 47.1 Å². The summed E-state index contributed by atoms with van der Waals surface area (Å²) in [4.78, 5) is 10.3. The Bertz CT molecular complexity index is 1060. The third-order valence-electron chi connectivity index (χ3n) is 4.27. The lowest BCUT2D eigenvalue weighted by molar-refractivity contribution is 0.385. The molecule has 2 aromatic heterocycles. The monoisotopic (exact) mass is 456 g/mol. The van der Waals surface area contributed by atoms with Crippen molar-refractivity contribution in [3.8, 4) is 0 Å². The predicted octanol–water partition coefficient (Wildman–Crippen LogP) is 3.10. The average Bonchev–Trinajstić information content (AvgIpc) is 3.09. The van der Waals surface area contributed by atoms with Gasteiger partial charge in [0.25, 0.3) is 10.0 Å². The molecule has 1 aromatic carbocycles. The van der Waals surface area contributed by atoms with Crippen molar-refractivity contribution in [3.63, 3.8) is 0 Å².